The molecule has 2 aromatic rings. The van der Waals surface area contributed by atoms with Gasteiger partial charge in [0.1, 0.15) is 5.82 Å². The smallest absolute Gasteiger partial charge is 0.161 e. The van der Waals surface area contributed by atoms with Gasteiger partial charge in [0.05, 0.1) is 18.9 Å². The molecule has 2 aliphatic heterocycles. The molecule has 0 unspecified atom stereocenters. The van der Waals surface area contributed by atoms with Crippen LogP contribution in [-0.2, 0) is 17.7 Å². The third-order valence-corrected chi connectivity index (χ3v) is 4.54. The Morgan fingerprint density at radius 3 is 2.65 bits per heavy atom. The molecular weight excluding hydrogens is 288 g/mol. The number of fused-ring (bicyclic) bond motifs is 1. The first-order chi connectivity index (χ1) is 11.3. The highest BCUT2D eigenvalue weighted by atomic mass is 16.5. The normalized spacial score (nSPS) is 17.9. The van der Waals surface area contributed by atoms with Crippen LogP contribution in [0, 0.1) is 6.92 Å². The van der Waals surface area contributed by atoms with Gasteiger partial charge in [-0.15, -0.1) is 0 Å². The lowest BCUT2D eigenvalue weighted by Gasteiger charge is -2.31. The van der Waals surface area contributed by atoms with E-state index in [2.05, 4.69) is 41.4 Å². The molecule has 2 aliphatic rings. The van der Waals surface area contributed by atoms with Gasteiger partial charge in [-0.2, -0.15) is 0 Å². The first-order valence-electron chi connectivity index (χ1n) is 8.31. The average Bonchev–Trinajstić information content (AvgIpc) is 2.62. The number of ether oxygens (including phenoxy) is 1. The number of aryl methyl sites for hydroxylation is 1. The SMILES string of the molecule is Cc1ccc(-c2nc3c(c(N4CCOCC4)n2)CCNC3)cc1. The molecule has 0 bridgehead atoms. The van der Waals surface area contributed by atoms with Gasteiger partial charge in [0.15, 0.2) is 5.82 Å². The van der Waals surface area contributed by atoms with Crippen molar-refractivity contribution in [1.29, 1.82) is 0 Å². The standard InChI is InChI=1S/C18H22N4O/c1-13-2-4-14(5-3-13)17-20-16-12-19-7-6-15(16)18(21-17)22-8-10-23-11-9-22/h2-5,19H,6-12H2,1H3. The van der Waals surface area contributed by atoms with E-state index in [1.165, 1.54) is 11.1 Å². The number of morpholine rings is 1. The van der Waals surface area contributed by atoms with Crippen LogP contribution in [0.25, 0.3) is 11.4 Å². The minimum absolute atomic E-state index is 0.775. The van der Waals surface area contributed by atoms with Crippen molar-refractivity contribution in [2.45, 2.75) is 19.9 Å². The molecule has 1 aromatic heterocycles. The fraction of sp³-hybridized carbons (Fsp3) is 0.444. The van der Waals surface area contributed by atoms with E-state index < -0.39 is 0 Å². The van der Waals surface area contributed by atoms with Gasteiger partial charge in [0.2, 0.25) is 0 Å². The monoisotopic (exact) mass is 310 g/mol. The van der Waals surface area contributed by atoms with Crippen molar-refractivity contribution in [3.05, 3.63) is 41.1 Å². The summed E-state index contributed by atoms with van der Waals surface area (Å²) >= 11 is 0. The molecule has 1 N–H and O–H groups in total. The first-order valence-corrected chi connectivity index (χ1v) is 8.31. The van der Waals surface area contributed by atoms with Gasteiger partial charge in [-0.25, -0.2) is 9.97 Å². The van der Waals surface area contributed by atoms with Crippen molar-refractivity contribution in [3.63, 3.8) is 0 Å². The quantitative estimate of drug-likeness (QED) is 0.918. The van der Waals surface area contributed by atoms with Crippen LogP contribution in [0.15, 0.2) is 24.3 Å². The molecule has 1 saturated heterocycles. The molecule has 0 radical (unpaired) electrons. The molecule has 4 rings (SSSR count). The first kappa shape index (κ1) is 14.6. The number of nitrogens with one attached hydrogen (secondary N) is 1. The van der Waals surface area contributed by atoms with Crippen LogP contribution in [0.5, 0.6) is 0 Å². The number of hydrogen-bond donors (Lipinski definition) is 1. The Labute approximate surface area is 136 Å². The molecule has 5 nitrogen and oxygen atoms in total. The molecule has 0 spiro atoms. The lowest BCUT2D eigenvalue weighted by Crippen LogP contribution is -2.39. The summed E-state index contributed by atoms with van der Waals surface area (Å²) in [6, 6.07) is 8.45. The maximum atomic E-state index is 5.50. The van der Waals surface area contributed by atoms with E-state index >= 15 is 0 Å². The predicted molar refractivity (Wildman–Crippen MR) is 90.6 cm³/mol. The number of rotatable bonds is 2. The van der Waals surface area contributed by atoms with E-state index in [1.807, 2.05) is 0 Å². The topological polar surface area (TPSA) is 50.3 Å². The predicted octanol–water partition coefficient (Wildman–Crippen LogP) is 1.93. The summed E-state index contributed by atoms with van der Waals surface area (Å²) in [4.78, 5) is 12.1. The van der Waals surface area contributed by atoms with Gasteiger partial charge in [-0.3, -0.25) is 0 Å². The van der Waals surface area contributed by atoms with Crippen LogP contribution < -0.4 is 10.2 Å². The third-order valence-electron chi connectivity index (χ3n) is 4.54. The third kappa shape index (κ3) is 2.94. The Kier molecular flexibility index (Phi) is 3.97. The van der Waals surface area contributed by atoms with Crippen molar-refractivity contribution in [2.24, 2.45) is 0 Å². The van der Waals surface area contributed by atoms with E-state index in [9.17, 15) is 0 Å². The highest BCUT2D eigenvalue weighted by molar-refractivity contribution is 5.61. The molecular formula is C18H22N4O. The summed E-state index contributed by atoms with van der Waals surface area (Å²) in [5.74, 6) is 1.93. The molecule has 1 fully saturated rings. The highest BCUT2D eigenvalue weighted by Crippen LogP contribution is 2.28. The molecule has 23 heavy (non-hydrogen) atoms. The zero-order valence-corrected chi connectivity index (χ0v) is 13.5. The van der Waals surface area contributed by atoms with Crippen LogP contribution in [0.1, 0.15) is 16.8 Å². The fourth-order valence-corrected chi connectivity index (χ4v) is 3.21. The second-order valence-electron chi connectivity index (χ2n) is 6.19. The van der Waals surface area contributed by atoms with Crippen LogP contribution in [0.2, 0.25) is 0 Å². The summed E-state index contributed by atoms with van der Waals surface area (Å²) in [6.45, 7) is 7.29. The number of benzene rings is 1. The minimum atomic E-state index is 0.775. The van der Waals surface area contributed by atoms with Crippen LogP contribution >= 0.6 is 0 Å². The second kappa shape index (κ2) is 6.26. The second-order valence-corrected chi connectivity index (χ2v) is 6.19. The van der Waals surface area contributed by atoms with Crippen molar-refractivity contribution < 1.29 is 4.74 Å². The number of aromatic nitrogens is 2. The van der Waals surface area contributed by atoms with E-state index in [0.29, 0.717) is 0 Å². The minimum Gasteiger partial charge on any atom is -0.378 e. The Balaban J connectivity index is 1.79. The van der Waals surface area contributed by atoms with Crippen molar-refractivity contribution in [3.8, 4) is 11.4 Å². The van der Waals surface area contributed by atoms with Crippen molar-refractivity contribution in [2.75, 3.05) is 37.7 Å². The Bertz CT molecular complexity index is 693. The van der Waals surface area contributed by atoms with Crippen molar-refractivity contribution >= 4 is 5.82 Å². The zero-order chi connectivity index (χ0) is 15.6. The molecule has 1 aromatic carbocycles. The molecule has 3 heterocycles. The zero-order valence-electron chi connectivity index (χ0n) is 13.5. The molecule has 0 amide bonds. The van der Waals surface area contributed by atoms with Gasteiger partial charge < -0.3 is 15.0 Å². The summed E-state index contributed by atoms with van der Waals surface area (Å²) in [5, 5.41) is 3.43. The molecule has 0 atom stereocenters. The van der Waals surface area contributed by atoms with E-state index in [-0.39, 0.29) is 0 Å². The maximum Gasteiger partial charge on any atom is 0.161 e. The van der Waals surface area contributed by atoms with Gasteiger partial charge in [-0.1, -0.05) is 29.8 Å². The molecule has 0 aliphatic carbocycles. The molecule has 120 valence electrons. The van der Waals surface area contributed by atoms with Crippen molar-refractivity contribution in [1.82, 2.24) is 15.3 Å². The molecule has 5 heteroatoms. The molecule has 0 saturated carbocycles. The van der Waals surface area contributed by atoms with E-state index in [1.54, 1.807) is 0 Å². The highest BCUT2D eigenvalue weighted by Gasteiger charge is 2.23. The fourth-order valence-electron chi connectivity index (χ4n) is 3.21. The Morgan fingerprint density at radius 1 is 1.09 bits per heavy atom. The van der Waals surface area contributed by atoms with Crippen LogP contribution in [0.4, 0.5) is 5.82 Å². The largest absolute Gasteiger partial charge is 0.378 e. The van der Waals surface area contributed by atoms with E-state index in [0.717, 1.165) is 68.7 Å². The van der Waals surface area contributed by atoms with Crippen LogP contribution in [-0.4, -0.2) is 42.8 Å². The lowest BCUT2D eigenvalue weighted by molar-refractivity contribution is 0.122. The van der Waals surface area contributed by atoms with Gasteiger partial charge >= 0.3 is 0 Å². The number of hydrogen-bond acceptors (Lipinski definition) is 5. The average molecular weight is 310 g/mol. The lowest BCUT2D eigenvalue weighted by atomic mass is 10.1. The number of anilines is 1. The van der Waals surface area contributed by atoms with Crippen LogP contribution in [0.3, 0.4) is 0 Å². The summed E-state index contributed by atoms with van der Waals surface area (Å²) in [6.07, 6.45) is 0.996. The van der Waals surface area contributed by atoms with E-state index in [4.69, 9.17) is 14.7 Å². The maximum absolute atomic E-state index is 5.50. The Hall–Kier alpha value is -1.98. The number of nitrogens with zero attached hydrogens (tertiary/aromatic N) is 3. The van der Waals surface area contributed by atoms with Gasteiger partial charge in [-0.05, 0) is 19.9 Å². The summed E-state index contributed by atoms with van der Waals surface area (Å²) < 4.78 is 5.50. The Morgan fingerprint density at radius 2 is 1.87 bits per heavy atom. The summed E-state index contributed by atoms with van der Waals surface area (Å²) in [7, 11) is 0. The summed E-state index contributed by atoms with van der Waals surface area (Å²) in [5.41, 5.74) is 4.78. The van der Waals surface area contributed by atoms with Gasteiger partial charge in [0.25, 0.3) is 0 Å². The van der Waals surface area contributed by atoms with Gasteiger partial charge in [0, 0.05) is 30.8 Å².